The lowest BCUT2D eigenvalue weighted by Gasteiger charge is -2.39. The van der Waals surface area contributed by atoms with Gasteiger partial charge in [0.25, 0.3) is 0 Å². The van der Waals surface area contributed by atoms with Crippen LogP contribution in [0, 0.1) is 5.41 Å². The second-order valence-electron chi connectivity index (χ2n) is 6.99. The highest BCUT2D eigenvalue weighted by Gasteiger charge is 2.43. The molecule has 0 aromatic heterocycles. The number of carbonyl (C=O) groups excluding carboxylic acids is 1. The molecule has 2 atom stereocenters. The van der Waals surface area contributed by atoms with Crippen molar-refractivity contribution in [1.29, 1.82) is 0 Å². The van der Waals surface area contributed by atoms with Gasteiger partial charge in [0.1, 0.15) is 0 Å². The maximum atomic E-state index is 11.9. The zero-order valence-electron chi connectivity index (χ0n) is 13.9. The van der Waals surface area contributed by atoms with E-state index in [1.54, 1.807) is 13.0 Å². The van der Waals surface area contributed by atoms with E-state index in [-0.39, 0.29) is 11.6 Å². The predicted molar refractivity (Wildman–Crippen MR) is 84.1 cm³/mol. The van der Waals surface area contributed by atoms with Gasteiger partial charge in [-0.2, -0.15) is 0 Å². The van der Waals surface area contributed by atoms with E-state index in [4.69, 9.17) is 9.16 Å². The summed E-state index contributed by atoms with van der Waals surface area (Å²) >= 11 is 0. The monoisotopic (exact) mass is 302 g/mol. The molecule has 0 unspecified atom stereocenters. The Morgan fingerprint density at radius 2 is 1.85 bits per heavy atom. The molecule has 0 fully saturated rings. The Bertz CT molecular complexity index is 346. The minimum Gasteiger partial charge on any atom is -0.469 e. The van der Waals surface area contributed by atoms with E-state index in [0.29, 0.717) is 6.42 Å². The van der Waals surface area contributed by atoms with Crippen LogP contribution in [0.3, 0.4) is 0 Å². The van der Waals surface area contributed by atoms with Crippen molar-refractivity contribution >= 4 is 14.3 Å². The van der Waals surface area contributed by atoms with Crippen molar-refractivity contribution < 1.29 is 19.1 Å². The van der Waals surface area contributed by atoms with Crippen LogP contribution in [-0.2, 0) is 14.0 Å². The summed E-state index contributed by atoms with van der Waals surface area (Å²) in [5, 5.41) is 10.4. The number of aliphatic hydroxyl groups is 1. The van der Waals surface area contributed by atoms with Gasteiger partial charge in [-0.3, -0.25) is 4.79 Å². The van der Waals surface area contributed by atoms with Gasteiger partial charge in [-0.25, -0.2) is 0 Å². The quantitative estimate of drug-likeness (QED) is 0.446. The third kappa shape index (κ3) is 4.43. The number of aliphatic hydroxyl groups excluding tert-OH is 1. The molecule has 0 saturated carbocycles. The van der Waals surface area contributed by atoms with Gasteiger partial charge in [-0.15, -0.1) is 6.58 Å². The summed E-state index contributed by atoms with van der Waals surface area (Å²) < 4.78 is 10.8. The largest absolute Gasteiger partial charge is 0.469 e. The van der Waals surface area contributed by atoms with E-state index in [0.717, 1.165) is 0 Å². The van der Waals surface area contributed by atoms with Gasteiger partial charge in [-0.05, 0) is 31.5 Å². The molecule has 0 rings (SSSR count). The Morgan fingerprint density at radius 3 is 2.20 bits per heavy atom. The molecule has 1 N–H and O–H groups in total. The van der Waals surface area contributed by atoms with E-state index < -0.39 is 25.8 Å². The second kappa shape index (κ2) is 6.87. The molecule has 5 heteroatoms. The lowest BCUT2D eigenvalue weighted by molar-refractivity contribution is -0.160. The van der Waals surface area contributed by atoms with E-state index in [1.165, 1.54) is 7.11 Å². The molecule has 0 aliphatic heterocycles. The van der Waals surface area contributed by atoms with E-state index >= 15 is 0 Å². The second-order valence-corrected chi connectivity index (χ2v) is 11.8. The van der Waals surface area contributed by atoms with Crippen LogP contribution in [0.1, 0.15) is 34.1 Å². The van der Waals surface area contributed by atoms with Crippen molar-refractivity contribution in [1.82, 2.24) is 0 Å². The predicted octanol–water partition coefficient (Wildman–Crippen LogP) is 3.12. The van der Waals surface area contributed by atoms with Gasteiger partial charge in [-0.1, -0.05) is 26.8 Å². The molecule has 0 bridgehead atoms. The molecule has 4 nitrogen and oxygen atoms in total. The van der Waals surface area contributed by atoms with Gasteiger partial charge in [0, 0.05) is 0 Å². The topological polar surface area (TPSA) is 55.8 Å². The molecular weight excluding hydrogens is 272 g/mol. The number of rotatable bonds is 7. The van der Waals surface area contributed by atoms with E-state index in [1.807, 2.05) is 0 Å². The van der Waals surface area contributed by atoms with Crippen LogP contribution >= 0.6 is 0 Å². The van der Waals surface area contributed by atoms with Crippen LogP contribution < -0.4 is 0 Å². The summed E-state index contributed by atoms with van der Waals surface area (Å²) in [6, 6.07) is 0. The normalized spacial score (nSPS) is 17.2. The molecule has 0 aliphatic rings. The van der Waals surface area contributed by atoms with Gasteiger partial charge in [0.15, 0.2) is 8.32 Å². The van der Waals surface area contributed by atoms with Crippen molar-refractivity contribution in [3.63, 3.8) is 0 Å². The van der Waals surface area contributed by atoms with Crippen molar-refractivity contribution in [2.45, 2.75) is 58.4 Å². The Kier molecular flexibility index (Phi) is 6.65. The summed E-state index contributed by atoms with van der Waals surface area (Å²) in [4.78, 5) is 11.9. The highest BCUT2D eigenvalue weighted by Crippen LogP contribution is 2.37. The summed E-state index contributed by atoms with van der Waals surface area (Å²) in [5.74, 6) is -0.441. The van der Waals surface area contributed by atoms with Crippen LogP contribution in [-0.4, -0.2) is 39.2 Å². The number of esters is 1. The first-order chi connectivity index (χ1) is 8.92. The first-order valence-electron chi connectivity index (χ1n) is 6.93. The fraction of sp³-hybridized carbons (Fsp3) is 0.800. The lowest BCUT2D eigenvalue weighted by atomic mass is 9.81. The van der Waals surface area contributed by atoms with E-state index in [2.05, 4.69) is 40.4 Å². The molecule has 0 amide bonds. The lowest BCUT2D eigenvalue weighted by Crippen LogP contribution is -2.48. The third-order valence-corrected chi connectivity index (χ3v) is 8.86. The molecule has 0 radical (unpaired) electrons. The fourth-order valence-electron chi connectivity index (χ4n) is 1.58. The number of allylic oxidation sites excluding steroid dienone is 1. The average molecular weight is 302 g/mol. The average Bonchev–Trinajstić information content (AvgIpc) is 2.33. The number of methoxy groups -OCH3 is 1. The molecule has 20 heavy (non-hydrogen) atoms. The van der Waals surface area contributed by atoms with Crippen molar-refractivity contribution in [2.75, 3.05) is 13.7 Å². The first-order valence-corrected chi connectivity index (χ1v) is 9.84. The maximum Gasteiger partial charge on any atom is 0.314 e. The molecule has 118 valence electrons. The molecule has 0 saturated heterocycles. The highest BCUT2D eigenvalue weighted by atomic mass is 28.4. The van der Waals surface area contributed by atoms with Crippen LogP contribution in [0.2, 0.25) is 18.1 Å². The highest BCUT2D eigenvalue weighted by molar-refractivity contribution is 6.74. The molecular formula is C15H30O4Si. The number of hydrogen-bond acceptors (Lipinski definition) is 4. The van der Waals surface area contributed by atoms with Crippen LogP contribution in [0.25, 0.3) is 0 Å². The smallest absolute Gasteiger partial charge is 0.314 e. The van der Waals surface area contributed by atoms with Gasteiger partial charge in [0.05, 0.1) is 25.2 Å². The Labute approximate surface area is 124 Å². The SMILES string of the molecule is C=CC[C@@](C)(C(=O)OC)[C@H](O)CO[Si](C)(C)C(C)(C)C. The third-order valence-electron chi connectivity index (χ3n) is 4.36. The van der Waals surface area contributed by atoms with Crippen molar-refractivity contribution in [2.24, 2.45) is 5.41 Å². The minimum atomic E-state index is -1.95. The molecule has 0 heterocycles. The molecule has 0 aliphatic carbocycles. The maximum absolute atomic E-state index is 11.9. The van der Waals surface area contributed by atoms with E-state index in [9.17, 15) is 9.90 Å². The van der Waals surface area contributed by atoms with Gasteiger partial charge in [0.2, 0.25) is 0 Å². The van der Waals surface area contributed by atoms with Crippen LogP contribution in [0.15, 0.2) is 12.7 Å². The summed E-state index contributed by atoms with van der Waals surface area (Å²) in [5.41, 5.74) is -1.02. The summed E-state index contributed by atoms with van der Waals surface area (Å²) in [7, 11) is -0.628. The van der Waals surface area contributed by atoms with Crippen LogP contribution in [0.4, 0.5) is 0 Å². The Balaban J connectivity index is 4.92. The number of carbonyl (C=O) groups is 1. The number of ether oxygens (including phenoxy) is 1. The Morgan fingerprint density at radius 1 is 1.35 bits per heavy atom. The summed E-state index contributed by atoms with van der Waals surface area (Å²) in [6.07, 6.45) is 1.05. The fourth-order valence-corrected chi connectivity index (χ4v) is 2.58. The standard InChI is InChI=1S/C15H30O4Si/c1-9-10-15(5,13(17)18-6)12(16)11-19-20(7,8)14(2,3)4/h9,12,16H,1,10-11H2,2-8H3/t12-,15-/m1/s1. The molecule has 0 spiro atoms. The first kappa shape index (κ1) is 19.3. The van der Waals surface area contributed by atoms with Gasteiger partial charge >= 0.3 is 5.97 Å². The zero-order valence-corrected chi connectivity index (χ0v) is 14.9. The molecule has 0 aromatic rings. The van der Waals surface area contributed by atoms with Gasteiger partial charge < -0.3 is 14.3 Å². The summed E-state index contributed by atoms with van der Waals surface area (Å²) in [6.45, 7) is 16.1. The van der Waals surface area contributed by atoms with Crippen molar-refractivity contribution in [3.8, 4) is 0 Å². The zero-order chi connectivity index (χ0) is 16.2. The van der Waals surface area contributed by atoms with Crippen molar-refractivity contribution in [3.05, 3.63) is 12.7 Å². The number of hydrogen-bond donors (Lipinski definition) is 1. The molecule has 0 aromatic carbocycles. The van der Waals surface area contributed by atoms with Crippen LogP contribution in [0.5, 0.6) is 0 Å². The minimum absolute atomic E-state index is 0.0623. The Hall–Kier alpha value is -0.653.